The number of carbonyl (C=O) groups excluding carboxylic acids is 1. The molecular weight excluding hydrogens is 382 g/mol. The summed E-state index contributed by atoms with van der Waals surface area (Å²) in [7, 11) is 1.66. The van der Waals surface area contributed by atoms with Gasteiger partial charge in [-0.1, -0.05) is 86.3 Å². The van der Waals surface area contributed by atoms with Gasteiger partial charge in [-0.2, -0.15) is 0 Å². The molecule has 1 saturated carbocycles. The number of rotatable bonds is 6. The lowest BCUT2D eigenvalue weighted by atomic mass is 9.94. The van der Waals surface area contributed by atoms with Crippen LogP contribution in [-0.2, 0) is 6.42 Å². The van der Waals surface area contributed by atoms with Crippen molar-refractivity contribution in [2.24, 2.45) is 0 Å². The van der Waals surface area contributed by atoms with E-state index in [1.165, 1.54) is 31.2 Å². The lowest BCUT2D eigenvalue weighted by Gasteiger charge is -2.20. The first-order chi connectivity index (χ1) is 15.2. The summed E-state index contributed by atoms with van der Waals surface area (Å²) < 4.78 is 5.81. The zero-order valence-electron chi connectivity index (χ0n) is 18.3. The van der Waals surface area contributed by atoms with Crippen LogP contribution in [0.5, 0.6) is 5.75 Å². The van der Waals surface area contributed by atoms with Gasteiger partial charge in [0.25, 0.3) is 5.91 Å². The average molecular weight is 414 g/mol. The first kappa shape index (κ1) is 21.2. The summed E-state index contributed by atoms with van der Waals surface area (Å²) in [6, 6.07) is 25.0. The van der Waals surface area contributed by atoms with Crippen molar-refractivity contribution in [2.75, 3.05) is 7.11 Å². The Hall–Kier alpha value is -3.07. The Balaban J connectivity index is 1.72. The lowest BCUT2D eigenvalue weighted by molar-refractivity contribution is 0.0930. The molecule has 1 N–H and O–H groups in total. The fraction of sp³-hybridized carbons (Fsp3) is 0.321. The smallest absolute Gasteiger partial charge is 0.255 e. The number of ether oxygens (including phenoxy) is 1. The van der Waals surface area contributed by atoms with Crippen LogP contribution < -0.4 is 10.1 Å². The lowest BCUT2D eigenvalue weighted by Crippen LogP contribution is -2.34. The third kappa shape index (κ3) is 5.35. The number of nitrogens with one attached hydrogen (secondary N) is 1. The summed E-state index contributed by atoms with van der Waals surface area (Å²) in [5.41, 5.74) is 4.99. The third-order valence-electron chi connectivity index (χ3n) is 6.15. The minimum atomic E-state index is -0.0316. The molecule has 0 aliphatic heterocycles. The SMILES string of the molecule is COc1c(Cc2ccccc2)cc(-c2ccccc2)cc1C(=O)NC1CCCCCC1. The molecule has 1 amide bonds. The normalized spacial score (nSPS) is 14.6. The second-order valence-corrected chi connectivity index (χ2v) is 8.41. The summed E-state index contributed by atoms with van der Waals surface area (Å²) in [6.07, 6.45) is 7.73. The first-order valence-electron chi connectivity index (χ1n) is 11.4. The van der Waals surface area contributed by atoms with Gasteiger partial charge in [0.15, 0.2) is 0 Å². The van der Waals surface area contributed by atoms with E-state index in [-0.39, 0.29) is 11.9 Å². The number of carbonyl (C=O) groups is 1. The summed E-state index contributed by atoms with van der Waals surface area (Å²) in [5.74, 6) is 0.644. The van der Waals surface area contributed by atoms with Gasteiger partial charge in [0.1, 0.15) is 5.75 Å². The molecule has 0 unspecified atom stereocenters. The van der Waals surface area contributed by atoms with Crippen molar-refractivity contribution in [3.63, 3.8) is 0 Å². The minimum Gasteiger partial charge on any atom is -0.496 e. The van der Waals surface area contributed by atoms with E-state index in [4.69, 9.17) is 4.74 Å². The Bertz CT molecular complexity index is 990. The van der Waals surface area contributed by atoms with E-state index in [1.54, 1.807) is 7.11 Å². The molecule has 0 heterocycles. The molecule has 1 aliphatic rings. The van der Waals surface area contributed by atoms with Crippen molar-refractivity contribution < 1.29 is 9.53 Å². The van der Waals surface area contributed by atoms with Crippen LogP contribution in [0.1, 0.15) is 60.0 Å². The van der Waals surface area contributed by atoms with Gasteiger partial charge in [-0.05, 0) is 47.2 Å². The van der Waals surface area contributed by atoms with E-state index in [2.05, 4.69) is 35.6 Å². The Morgan fingerprint density at radius 1 is 0.871 bits per heavy atom. The minimum absolute atomic E-state index is 0.0316. The van der Waals surface area contributed by atoms with Crippen LogP contribution in [0.3, 0.4) is 0 Å². The van der Waals surface area contributed by atoms with E-state index in [9.17, 15) is 4.79 Å². The largest absolute Gasteiger partial charge is 0.496 e. The van der Waals surface area contributed by atoms with Crippen molar-refractivity contribution in [2.45, 2.75) is 51.0 Å². The zero-order chi connectivity index (χ0) is 21.5. The molecular formula is C28H31NO2. The predicted molar refractivity (Wildman–Crippen MR) is 127 cm³/mol. The summed E-state index contributed by atoms with van der Waals surface area (Å²) in [5, 5.41) is 3.30. The van der Waals surface area contributed by atoms with Crippen molar-refractivity contribution in [3.8, 4) is 16.9 Å². The van der Waals surface area contributed by atoms with Gasteiger partial charge in [0.2, 0.25) is 0 Å². The van der Waals surface area contributed by atoms with Crippen molar-refractivity contribution >= 4 is 5.91 Å². The molecule has 0 bridgehead atoms. The maximum Gasteiger partial charge on any atom is 0.255 e. The van der Waals surface area contributed by atoms with Crippen molar-refractivity contribution in [3.05, 3.63) is 89.5 Å². The topological polar surface area (TPSA) is 38.3 Å². The molecule has 0 atom stereocenters. The molecule has 31 heavy (non-hydrogen) atoms. The standard InChI is InChI=1S/C28H31NO2/c1-31-27-24(18-21-12-6-4-7-13-21)19-23(22-14-8-5-9-15-22)20-26(27)28(30)29-25-16-10-2-3-11-17-25/h4-9,12-15,19-20,25H,2-3,10-11,16-18H2,1H3,(H,29,30). The monoisotopic (exact) mass is 413 g/mol. The summed E-state index contributed by atoms with van der Waals surface area (Å²) in [4.78, 5) is 13.4. The van der Waals surface area contributed by atoms with E-state index in [0.29, 0.717) is 17.7 Å². The third-order valence-corrected chi connectivity index (χ3v) is 6.15. The van der Waals surface area contributed by atoms with Crippen LogP contribution in [-0.4, -0.2) is 19.1 Å². The average Bonchev–Trinajstić information content (AvgIpc) is 3.08. The van der Waals surface area contributed by atoms with Crippen LogP contribution in [0.4, 0.5) is 0 Å². The molecule has 0 aromatic heterocycles. The molecule has 1 aliphatic carbocycles. The van der Waals surface area contributed by atoms with Crippen LogP contribution >= 0.6 is 0 Å². The number of methoxy groups -OCH3 is 1. The maximum atomic E-state index is 13.4. The van der Waals surface area contributed by atoms with E-state index in [0.717, 1.165) is 29.5 Å². The Labute approximate surface area is 185 Å². The zero-order valence-corrected chi connectivity index (χ0v) is 18.3. The molecule has 3 heteroatoms. The highest BCUT2D eigenvalue weighted by molar-refractivity contribution is 5.99. The van der Waals surface area contributed by atoms with Crippen molar-refractivity contribution in [1.82, 2.24) is 5.32 Å². The van der Waals surface area contributed by atoms with Crippen LogP contribution in [0.25, 0.3) is 11.1 Å². The Kier molecular flexibility index (Phi) is 7.03. The van der Waals surface area contributed by atoms with Crippen LogP contribution in [0, 0.1) is 0 Å². The number of amides is 1. The van der Waals surface area contributed by atoms with Gasteiger partial charge in [-0.25, -0.2) is 0 Å². The number of benzene rings is 3. The second kappa shape index (κ2) is 10.3. The van der Waals surface area contributed by atoms with Gasteiger partial charge in [-0.15, -0.1) is 0 Å². The fourth-order valence-corrected chi connectivity index (χ4v) is 4.53. The van der Waals surface area contributed by atoms with Gasteiger partial charge >= 0.3 is 0 Å². The van der Waals surface area contributed by atoms with Gasteiger partial charge in [0, 0.05) is 12.5 Å². The molecule has 3 nitrogen and oxygen atoms in total. The molecule has 3 aromatic rings. The molecule has 160 valence electrons. The fourth-order valence-electron chi connectivity index (χ4n) is 4.53. The molecule has 3 aromatic carbocycles. The quantitative estimate of drug-likeness (QED) is 0.475. The second-order valence-electron chi connectivity index (χ2n) is 8.41. The van der Waals surface area contributed by atoms with Crippen LogP contribution in [0.2, 0.25) is 0 Å². The summed E-state index contributed by atoms with van der Waals surface area (Å²) >= 11 is 0. The highest BCUT2D eigenvalue weighted by Crippen LogP contribution is 2.33. The molecule has 4 rings (SSSR count). The van der Waals surface area contributed by atoms with E-state index in [1.807, 2.05) is 42.5 Å². The maximum absolute atomic E-state index is 13.4. The predicted octanol–water partition coefficient (Wildman–Crippen LogP) is 6.41. The highest BCUT2D eigenvalue weighted by atomic mass is 16.5. The molecule has 0 saturated heterocycles. The van der Waals surface area contributed by atoms with Crippen molar-refractivity contribution in [1.29, 1.82) is 0 Å². The molecule has 0 spiro atoms. The van der Waals surface area contributed by atoms with Gasteiger partial charge in [0.05, 0.1) is 12.7 Å². The van der Waals surface area contributed by atoms with E-state index < -0.39 is 0 Å². The number of hydrogen-bond acceptors (Lipinski definition) is 2. The van der Waals surface area contributed by atoms with Gasteiger partial charge < -0.3 is 10.1 Å². The summed E-state index contributed by atoms with van der Waals surface area (Å²) in [6.45, 7) is 0. The first-order valence-corrected chi connectivity index (χ1v) is 11.4. The Morgan fingerprint density at radius 2 is 1.52 bits per heavy atom. The van der Waals surface area contributed by atoms with Gasteiger partial charge in [-0.3, -0.25) is 4.79 Å². The number of hydrogen-bond donors (Lipinski definition) is 1. The Morgan fingerprint density at radius 3 is 2.16 bits per heavy atom. The highest BCUT2D eigenvalue weighted by Gasteiger charge is 2.22. The molecule has 0 radical (unpaired) electrons. The van der Waals surface area contributed by atoms with E-state index >= 15 is 0 Å². The van der Waals surface area contributed by atoms with Crippen LogP contribution in [0.15, 0.2) is 72.8 Å². The molecule has 1 fully saturated rings.